The van der Waals surface area contributed by atoms with E-state index < -0.39 is 5.60 Å². The van der Waals surface area contributed by atoms with Crippen LogP contribution in [0.3, 0.4) is 0 Å². The topological polar surface area (TPSA) is 94.1 Å². The molecule has 0 atom stereocenters. The molecule has 1 aliphatic rings. The fourth-order valence-electron chi connectivity index (χ4n) is 3.88. The number of H-pyrrole nitrogens is 1. The van der Waals surface area contributed by atoms with Crippen molar-refractivity contribution in [1.82, 2.24) is 15.0 Å². The summed E-state index contributed by atoms with van der Waals surface area (Å²) in [6.45, 7) is 3.59. The van der Waals surface area contributed by atoms with Crippen LogP contribution in [0, 0.1) is 0 Å². The van der Waals surface area contributed by atoms with E-state index in [0.717, 1.165) is 53.4 Å². The van der Waals surface area contributed by atoms with Crippen LogP contribution in [0.4, 0.5) is 5.95 Å². The van der Waals surface area contributed by atoms with Gasteiger partial charge in [0, 0.05) is 34.9 Å². The third kappa shape index (κ3) is 3.68. The largest absolute Gasteiger partial charge is 0.393 e. The number of hydrogen-bond acceptors (Lipinski definition) is 5. The molecule has 4 rings (SSSR count). The number of benzene rings is 1. The molecule has 3 aromatic rings. The van der Waals surface area contributed by atoms with Crippen molar-refractivity contribution in [3.8, 4) is 11.3 Å². The molecule has 6 heteroatoms. The number of nitrogens with zero attached hydrogens (tertiary/aromatic N) is 2. The molecule has 0 bridgehead atoms. The molecule has 0 aliphatic heterocycles. The first-order valence-electron chi connectivity index (χ1n) is 9.53. The molecule has 0 radical (unpaired) electrons. The van der Waals surface area contributed by atoms with E-state index in [-0.39, 0.29) is 6.10 Å². The second-order valence-corrected chi connectivity index (χ2v) is 7.90. The molecule has 2 aromatic heterocycles. The summed E-state index contributed by atoms with van der Waals surface area (Å²) >= 11 is 0. The molecular formula is C21H26N4O2. The average molecular weight is 366 g/mol. The van der Waals surface area contributed by atoms with Gasteiger partial charge in [-0.2, -0.15) is 0 Å². The normalized spacial score (nSPS) is 20.7. The van der Waals surface area contributed by atoms with Crippen LogP contribution in [0.25, 0.3) is 22.2 Å². The molecule has 0 unspecified atom stereocenters. The summed E-state index contributed by atoms with van der Waals surface area (Å²) in [5.41, 5.74) is 2.65. The van der Waals surface area contributed by atoms with Gasteiger partial charge >= 0.3 is 0 Å². The van der Waals surface area contributed by atoms with E-state index in [2.05, 4.69) is 15.3 Å². The van der Waals surface area contributed by atoms with E-state index in [1.165, 1.54) is 0 Å². The van der Waals surface area contributed by atoms with Crippen molar-refractivity contribution in [2.24, 2.45) is 0 Å². The molecule has 0 spiro atoms. The summed E-state index contributed by atoms with van der Waals surface area (Å²) in [4.78, 5) is 12.4. The lowest BCUT2D eigenvalue weighted by atomic mass is 9.92. The van der Waals surface area contributed by atoms with Gasteiger partial charge in [0.1, 0.15) is 0 Å². The van der Waals surface area contributed by atoms with E-state index in [0.29, 0.717) is 12.0 Å². The van der Waals surface area contributed by atoms with Crippen LogP contribution in [0.1, 0.15) is 45.1 Å². The summed E-state index contributed by atoms with van der Waals surface area (Å²) in [6.07, 6.45) is 6.98. The lowest BCUT2D eigenvalue weighted by Gasteiger charge is -2.26. The third-order valence-corrected chi connectivity index (χ3v) is 5.33. The van der Waals surface area contributed by atoms with Gasteiger partial charge in [0.05, 0.1) is 17.4 Å². The number of aromatic amines is 1. The van der Waals surface area contributed by atoms with Crippen LogP contribution in [0.15, 0.2) is 36.7 Å². The highest BCUT2D eigenvalue weighted by molar-refractivity contribution is 5.97. The number of fused-ring (bicyclic) bond motifs is 1. The minimum atomic E-state index is -0.951. The first kappa shape index (κ1) is 17.9. The molecule has 27 heavy (non-hydrogen) atoms. The molecule has 6 nitrogen and oxygen atoms in total. The monoisotopic (exact) mass is 366 g/mol. The van der Waals surface area contributed by atoms with E-state index in [1.807, 2.05) is 30.5 Å². The van der Waals surface area contributed by atoms with Gasteiger partial charge in [-0.25, -0.2) is 9.97 Å². The Morgan fingerprint density at radius 1 is 1.15 bits per heavy atom. The van der Waals surface area contributed by atoms with Crippen molar-refractivity contribution in [2.75, 3.05) is 5.32 Å². The minimum absolute atomic E-state index is 0.179. The zero-order valence-electron chi connectivity index (χ0n) is 15.7. The predicted molar refractivity (Wildman–Crippen MR) is 106 cm³/mol. The van der Waals surface area contributed by atoms with Crippen molar-refractivity contribution < 1.29 is 10.2 Å². The van der Waals surface area contributed by atoms with Crippen molar-refractivity contribution in [3.63, 3.8) is 0 Å². The summed E-state index contributed by atoms with van der Waals surface area (Å²) in [6, 6.07) is 8.08. The van der Waals surface area contributed by atoms with Gasteiger partial charge in [-0.15, -0.1) is 0 Å². The van der Waals surface area contributed by atoms with Gasteiger partial charge < -0.3 is 20.5 Å². The Kier molecular flexibility index (Phi) is 4.61. The summed E-state index contributed by atoms with van der Waals surface area (Å²) in [5, 5.41) is 24.6. The minimum Gasteiger partial charge on any atom is -0.393 e. The lowest BCUT2D eigenvalue weighted by molar-refractivity contribution is 0.0802. The van der Waals surface area contributed by atoms with E-state index in [1.54, 1.807) is 20.0 Å². The fourth-order valence-corrected chi connectivity index (χ4v) is 3.88. The highest BCUT2D eigenvalue weighted by atomic mass is 16.3. The molecule has 4 N–H and O–H groups in total. The summed E-state index contributed by atoms with van der Waals surface area (Å²) in [5.74, 6) is 0.601. The van der Waals surface area contributed by atoms with Gasteiger partial charge in [-0.1, -0.05) is 12.1 Å². The van der Waals surface area contributed by atoms with Gasteiger partial charge in [-0.3, -0.25) is 0 Å². The van der Waals surface area contributed by atoms with E-state index >= 15 is 0 Å². The second-order valence-electron chi connectivity index (χ2n) is 7.90. The Balaban J connectivity index is 1.68. The van der Waals surface area contributed by atoms with Gasteiger partial charge in [-0.05, 0) is 57.2 Å². The number of rotatable bonds is 4. The smallest absolute Gasteiger partial charge is 0.223 e. The Morgan fingerprint density at radius 3 is 2.67 bits per heavy atom. The maximum absolute atomic E-state index is 10.6. The highest BCUT2D eigenvalue weighted by Crippen LogP contribution is 2.35. The first-order chi connectivity index (χ1) is 12.9. The summed E-state index contributed by atoms with van der Waals surface area (Å²) in [7, 11) is 0. The Hall–Kier alpha value is -2.44. The highest BCUT2D eigenvalue weighted by Gasteiger charge is 2.23. The third-order valence-electron chi connectivity index (χ3n) is 5.33. The van der Waals surface area contributed by atoms with Gasteiger partial charge in [0.15, 0.2) is 0 Å². The average Bonchev–Trinajstić information content (AvgIpc) is 3.07. The fraction of sp³-hybridized carbons (Fsp3) is 0.429. The van der Waals surface area contributed by atoms with E-state index in [4.69, 9.17) is 4.98 Å². The number of nitrogens with one attached hydrogen (secondary N) is 2. The number of aromatic nitrogens is 3. The van der Waals surface area contributed by atoms with Crippen LogP contribution in [0.2, 0.25) is 0 Å². The van der Waals surface area contributed by atoms with Crippen molar-refractivity contribution in [2.45, 2.75) is 57.3 Å². The van der Waals surface area contributed by atoms with Gasteiger partial charge in [0.25, 0.3) is 0 Å². The molecule has 0 amide bonds. The Labute approximate surface area is 158 Å². The molecule has 1 fully saturated rings. The number of aliphatic hydroxyl groups is 2. The van der Waals surface area contributed by atoms with Crippen molar-refractivity contribution in [1.29, 1.82) is 0 Å². The van der Waals surface area contributed by atoms with Crippen molar-refractivity contribution >= 4 is 16.9 Å². The molecule has 0 saturated heterocycles. The number of hydrogen-bond donors (Lipinski definition) is 4. The Morgan fingerprint density at radius 2 is 1.93 bits per heavy atom. The van der Waals surface area contributed by atoms with Crippen molar-refractivity contribution in [3.05, 3.63) is 42.2 Å². The molecule has 1 aliphatic carbocycles. The van der Waals surface area contributed by atoms with Crippen LogP contribution in [-0.4, -0.2) is 37.3 Å². The first-order valence-corrected chi connectivity index (χ1v) is 9.53. The van der Waals surface area contributed by atoms with Crippen LogP contribution in [0.5, 0.6) is 0 Å². The van der Waals surface area contributed by atoms with Crippen LogP contribution >= 0.6 is 0 Å². The summed E-state index contributed by atoms with van der Waals surface area (Å²) < 4.78 is 0. The van der Waals surface area contributed by atoms with Crippen LogP contribution in [-0.2, 0) is 5.60 Å². The molecular weight excluding hydrogens is 340 g/mol. The van der Waals surface area contributed by atoms with E-state index in [9.17, 15) is 10.2 Å². The molecule has 1 aromatic carbocycles. The maximum atomic E-state index is 10.6. The predicted octanol–water partition coefficient (Wildman–Crippen LogP) is 3.57. The maximum Gasteiger partial charge on any atom is 0.223 e. The zero-order chi connectivity index (χ0) is 19.0. The lowest BCUT2D eigenvalue weighted by Crippen LogP contribution is -2.28. The van der Waals surface area contributed by atoms with Gasteiger partial charge in [0.2, 0.25) is 5.95 Å². The quantitative estimate of drug-likeness (QED) is 0.566. The molecule has 2 heterocycles. The Bertz CT molecular complexity index is 937. The number of aliphatic hydroxyl groups excluding tert-OH is 1. The standard InChI is InChI=1S/C21H26N4O2/c1-21(2,27)16-4-3-5-18-19(16)15(12-23-18)17-10-11-22-20(25-17)24-13-6-8-14(26)9-7-13/h3-5,10-14,23,26-27H,6-9H2,1-2H3,(H,22,24,25). The zero-order valence-corrected chi connectivity index (χ0v) is 15.7. The number of anilines is 1. The van der Waals surface area contributed by atoms with Crippen LogP contribution < -0.4 is 5.32 Å². The SMILES string of the molecule is CC(C)(O)c1cccc2[nH]cc(-c3ccnc(NC4CCC(O)CC4)n3)c12. The molecule has 142 valence electrons. The second kappa shape index (κ2) is 6.94. The molecule has 1 saturated carbocycles.